The summed E-state index contributed by atoms with van der Waals surface area (Å²) in [7, 11) is 0. The Labute approximate surface area is 202 Å². The third kappa shape index (κ3) is 4.55. The molecule has 4 rings (SSSR count). The van der Waals surface area contributed by atoms with Crippen molar-refractivity contribution >= 4 is 23.5 Å². The van der Waals surface area contributed by atoms with E-state index in [1.807, 2.05) is 55.5 Å². The van der Waals surface area contributed by atoms with Gasteiger partial charge in [0.25, 0.3) is 6.26 Å². The summed E-state index contributed by atoms with van der Waals surface area (Å²) in [5.41, 5.74) is 5.08. The number of nitriles is 1. The number of nitrogens with zero attached hydrogens (tertiary/aromatic N) is 3. The lowest BCUT2D eigenvalue weighted by molar-refractivity contribution is 0.506. The molecule has 0 amide bonds. The lowest BCUT2D eigenvalue weighted by atomic mass is 9.65. The maximum atomic E-state index is 10.8. The molecule has 0 saturated heterocycles. The van der Waals surface area contributed by atoms with Crippen LogP contribution in [0, 0.1) is 18.4 Å². The normalized spacial score (nSPS) is 11.8. The van der Waals surface area contributed by atoms with Crippen molar-refractivity contribution in [2.45, 2.75) is 12.3 Å². The highest BCUT2D eigenvalue weighted by Gasteiger charge is 2.38. The van der Waals surface area contributed by atoms with Gasteiger partial charge in [-0.2, -0.15) is 9.98 Å². The molecule has 0 aliphatic heterocycles. The van der Waals surface area contributed by atoms with Crippen LogP contribution in [0.5, 0.6) is 5.75 Å². The standard InChI is InChI=1S/C29H19N3O3/c1-21-2-4-22(5-3-21)29(23-6-12-26(13-7-23)31-19-33,24-8-14-27(15-9-24)32-20-34)25-10-16-28(17-11-25)35-18-30/h2-17H,1H3. The molecule has 0 fully saturated rings. The van der Waals surface area contributed by atoms with E-state index < -0.39 is 5.41 Å². The predicted molar refractivity (Wildman–Crippen MR) is 131 cm³/mol. The van der Waals surface area contributed by atoms with Crippen LogP contribution in [0.2, 0.25) is 0 Å². The van der Waals surface area contributed by atoms with Gasteiger partial charge in [0.15, 0.2) is 0 Å². The molecular formula is C29H19N3O3. The Morgan fingerprint density at radius 2 is 1.00 bits per heavy atom. The molecule has 0 atom stereocenters. The molecule has 0 aromatic heterocycles. The number of hydrogen-bond acceptors (Lipinski definition) is 6. The van der Waals surface area contributed by atoms with Crippen molar-refractivity contribution in [3.63, 3.8) is 0 Å². The quantitative estimate of drug-likeness (QED) is 0.144. The summed E-state index contributed by atoms with van der Waals surface area (Å²) in [6.45, 7) is 2.03. The molecule has 0 unspecified atom stereocenters. The first-order chi connectivity index (χ1) is 17.1. The molecule has 35 heavy (non-hydrogen) atoms. The van der Waals surface area contributed by atoms with Crippen LogP contribution in [0.3, 0.4) is 0 Å². The average molecular weight is 457 g/mol. The zero-order valence-electron chi connectivity index (χ0n) is 18.8. The van der Waals surface area contributed by atoms with Gasteiger partial charge in [-0.05, 0) is 65.6 Å². The summed E-state index contributed by atoms with van der Waals surface area (Å²) in [5, 5.41) is 8.90. The number of rotatable bonds is 7. The minimum Gasteiger partial charge on any atom is -0.388 e. The number of aryl methyl sites for hydroxylation is 1. The van der Waals surface area contributed by atoms with Crippen molar-refractivity contribution in [3.8, 4) is 12.0 Å². The zero-order valence-corrected chi connectivity index (χ0v) is 18.8. The Balaban J connectivity index is 2.06. The lowest BCUT2D eigenvalue weighted by Gasteiger charge is -2.37. The summed E-state index contributed by atoms with van der Waals surface area (Å²) in [5.74, 6) is 0.431. The van der Waals surface area contributed by atoms with Gasteiger partial charge in [-0.15, -0.1) is 5.26 Å². The van der Waals surface area contributed by atoms with Crippen LogP contribution in [0.15, 0.2) is 107 Å². The third-order valence-electron chi connectivity index (χ3n) is 5.89. The van der Waals surface area contributed by atoms with E-state index >= 15 is 0 Å². The highest BCUT2D eigenvalue weighted by molar-refractivity contribution is 5.63. The van der Waals surface area contributed by atoms with E-state index in [2.05, 4.69) is 22.1 Å². The van der Waals surface area contributed by atoms with Crippen LogP contribution in [-0.2, 0) is 15.0 Å². The number of isocyanates is 2. The van der Waals surface area contributed by atoms with Crippen molar-refractivity contribution in [2.75, 3.05) is 0 Å². The molecule has 0 spiro atoms. The molecule has 0 N–H and O–H groups in total. The number of hydrogen-bond donors (Lipinski definition) is 0. The Hall–Kier alpha value is -5.07. The third-order valence-corrected chi connectivity index (χ3v) is 5.89. The smallest absolute Gasteiger partial charge is 0.292 e. The minimum atomic E-state index is -0.786. The minimum absolute atomic E-state index is 0.431. The molecular weight excluding hydrogens is 438 g/mol. The van der Waals surface area contributed by atoms with Crippen LogP contribution in [0.4, 0.5) is 11.4 Å². The van der Waals surface area contributed by atoms with Gasteiger partial charge in [-0.3, -0.25) is 0 Å². The topological polar surface area (TPSA) is 91.9 Å². The first-order valence-electron chi connectivity index (χ1n) is 10.7. The van der Waals surface area contributed by atoms with Crippen molar-refractivity contribution in [1.29, 1.82) is 5.26 Å². The Morgan fingerprint density at radius 1 is 0.629 bits per heavy atom. The van der Waals surface area contributed by atoms with Crippen LogP contribution in [-0.4, -0.2) is 12.2 Å². The van der Waals surface area contributed by atoms with Gasteiger partial charge in [0.2, 0.25) is 12.2 Å². The fraction of sp³-hybridized carbons (Fsp3) is 0.0690. The maximum absolute atomic E-state index is 10.8. The van der Waals surface area contributed by atoms with Crippen LogP contribution in [0.1, 0.15) is 27.8 Å². The second-order valence-corrected chi connectivity index (χ2v) is 7.83. The van der Waals surface area contributed by atoms with E-state index in [0.29, 0.717) is 17.1 Å². The lowest BCUT2D eigenvalue weighted by Crippen LogP contribution is -2.31. The molecule has 4 aromatic rings. The second kappa shape index (κ2) is 10.2. The van der Waals surface area contributed by atoms with Gasteiger partial charge in [0.1, 0.15) is 5.75 Å². The average Bonchev–Trinajstić information content (AvgIpc) is 2.89. The summed E-state index contributed by atoms with van der Waals surface area (Å²) in [6, 6.07) is 30.3. The van der Waals surface area contributed by atoms with E-state index in [0.717, 1.165) is 27.8 Å². The molecule has 6 nitrogen and oxygen atoms in total. The van der Waals surface area contributed by atoms with Crippen molar-refractivity contribution < 1.29 is 14.3 Å². The van der Waals surface area contributed by atoms with Gasteiger partial charge in [0, 0.05) is 0 Å². The van der Waals surface area contributed by atoms with Gasteiger partial charge in [-0.1, -0.05) is 66.2 Å². The summed E-state index contributed by atoms with van der Waals surface area (Å²) in [6.07, 6.45) is 4.84. The fourth-order valence-corrected chi connectivity index (χ4v) is 4.31. The van der Waals surface area contributed by atoms with E-state index in [-0.39, 0.29) is 0 Å². The summed E-state index contributed by atoms with van der Waals surface area (Å²) >= 11 is 0. The molecule has 168 valence electrons. The number of carbonyl (C=O) groups excluding carboxylic acids is 2. The van der Waals surface area contributed by atoms with Crippen molar-refractivity contribution in [1.82, 2.24) is 0 Å². The highest BCUT2D eigenvalue weighted by Crippen LogP contribution is 2.46. The van der Waals surface area contributed by atoms with Crippen molar-refractivity contribution in [3.05, 3.63) is 125 Å². The van der Waals surface area contributed by atoms with Crippen LogP contribution in [0.25, 0.3) is 0 Å². The molecule has 0 aliphatic carbocycles. The van der Waals surface area contributed by atoms with Crippen molar-refractivity contribution in [2.24, 2.45) is 9.98 Å². The van der Waals surface area contributed by atoms with Gasteiger partial charge in [-0.25, -0.2) is 9.59 Å². The van der Waals surface area contributed by atoms with E-state index in [1.165, 1.54) is 0 Å². The maximum Gasteiger partial charge on any atom is 0.292 e. The summed E-state index contributed by atoms with van der Waals surface area (Å²) in [4.78, 5) is 29.0. The fourth-order valence-electron chi connectivity index (χ4n) is 4.31. The SMILES string of the molecule is Cc1ccc(C(c2ccc(N=C=O)cc2)(c2ccc(N=C=O)cc2)c2ccc(OC#N)cc2)cc1. The molecule has 0 bridgehead atoms. The molecule has 0 saturated carbocycles. The second-order valence-electron chi connectivity index (χ2n) is 7.83. The molecule has 4 aromatic carbocycles. The first kappa shape index (κ1) is 23.1. The largest absolute Gasteiger partial charge is 0.388 e. The highest BCUT2D eigenvalue weighted by atomic mass is 16.5. The Bertz CT molecular complexity index is 1390. The molecule has 0 heterocycles. The first-order valence-corrected chi connectivity index (χ1v) is 10.7. The molecule has 6 heteroatoms. The van der Waals surface area contributed by atoms with E-state index in [1.54, 1.807) is 54.8 Å². The van der Waals surface area contributed by atoms with Gasteiger partial charge < -0.3 is 4.74 Å². The Morgan fingerprint density at radius 3 is 1.37 bits per heavy atom. The van der Waals surface area contributed by atoms with Gasteiger partial charge >= 0.3 is 0 Å². The van der Waals surface area contributed by atoms with Gasteiger partial charge in [0.05, 0.1) is 16.8 Å². The van der Waals surface area contributed by atoms with E-state index in [9.17, 15) is 9.59 Å². The number of benzene rings is 4. The monoisotopic (exact) mass is 457 g/mol. The number of ether oxygens (including phenoxy) is 1. The zero-order chi connectivity index (χ0) is 24.7. The molecule has 0 radical (unpaired) electrons. The number of aliphatic imine (C=N–C) groups is 2. The van der Waals surface area contributed by atoms with Crippen LogP contribution >= 0.6 is 0 Å². The van der Waals surface area contributed by atoms with E-state index in [4.69, 9.17) is 10.00 Å². The summed E-state index contributed by atoms with van der Waals surface area (Å²) < 4.78 is 5.00. The van der Waals surface area contributed by atoms with Crippen LogP contribution < -0.4 is 4.74 Å². The molecule has 0 aliphatic rings. The predicted octanol–water partition coefficient (Wildman–Crippen LogP) is 6.17. The Kier molecular flexibility index (Phi) is 6.76.